The Kier molecular flexibility index (Phi) is 4.93. The Balaban J connectivity index is 1.98. The zero-order valence-electron chi connectivity index (χ0n) is 12.6. The van der Waals surface area contributed by atoms with Gasteiger partial charge in [0.1, 0.15) is 11.5 Å². The lowest BCUT2D eigenvalue weighted by atomic mass is 9.88. The van der Waals surface area contributed by atoms with E-state index in [0.29, 0.717) is 17.5 Å². The van der Waals surface area contributed by atoms with Crippen LogP contribution in [-0.4, -0.2) is 40.4 Å². The number of hydrogen-bond acceptors (Lipinski definition) is 4. The first-order chi connectivity index (χ1) is 9.61. The van der Waals surface area contributed by atoms with E-state index >= 15 is 0 Å². The molecule has 1 saturated heterocycles. The summed E-state index contributed by atoms with van der Waals surface area (Å²) in [6.45, 7) is 9.05. The smallest absolute Gasteiger partial charge is 0.274 e. The number of amides is 1. The number of nitrogens with one attached hydrogen (secondary N) is 1. The van der Waals surface area contributed by atoms with Crippen LogP contribution in [0.4, 0.5) is 5.82 Å². The van der Waals surface area contributed by atoms with Crippen LogP contribution < -0.4 is 5.32 Å². The van der Waals surface area contributed by atoms with Gasteiger partial charge in [-0.3, -0.25) is 4.79 Å². The molecule has 2 rings (SSSR count). The van der Waals surface area contributed by atoms with Crippen LogP contribution in [0.5, 0.6) is 0 Å². The number of nitrogens with zero attached hydrogens (tertiary/aromatic N) is 3. The number of hydrogen-bond donors (Lipinski definition) is 1. The van der Waals surface area contributed by atoms with Crippen molar-refractivity contribution in [3.05, 3.63) is 18.1 Å². The number of aromatic nitrogens is 2. The molecular formula is C15H24N4O. The maximum atomic E-state index is 12.4. The summed E-state index contributed by atoms with van der Waals surface area (Å²) in [7, 11) is 0. The molecule has 1 aromatic heterocycles. The fraction of sp³-hybridized carbons (Fsp3) is 0.667. The Morgan fingerprint density at radius 2 is 2.15 bits per heavy atom. The first kappa shape index (κ1) is 14.8. The van der Waals surface area contributed by atoms with E-state index < -0.39 is 0 Å². The fourth-order valence-electron chi connectivity index (χ4n) is 2.39. The van der Waals surface area contributed by atoms with Gasteiger partial charge >= 0.3 is 0 Å². The first-order valence-corrected chi connectivity index (χ1v) is 7.47. The molecule has 1 amide bonds. The van der Waals surface area contributed by atoms with Crippen molar-refractivity contribution in [2.24, 2.45) is 11.8 Å². The van der Waals surface area contributed by atoms with E-state index in [9.17, 15) is 4.79 Å². The van der Waals surface area contributed by atoms with Gasteiger partial charge in [-0.2, -0.15) is 0 Å². The van der Waals surface area contributed by atoms with Crippen molar-refractivity contribution < 1.29 is 4.79 Å². The molecule has 1 aliphatic rings. The van der Waals surface area contributed by atoms with E-state index in [1.54, 1.807) is 12.4 Å². The Hall–Kier alpha value is -1.65. The van der Waals surface area contributed by atoms with Gasteiger partial charge in [0.15, 0.2) is 0 Å². The van der Waals surface area contributed by atoms with E-state index in [-0.39, 0.29) is 5.91 Å². The zero-order chi connectivity index (χ0) is 14.5. The van der Waals surface area contributed by atoms with E-state index in [2.05, 4.69) is 36.1 Å². The monoisotopic (exact) mass is 276 g/mol. The third-order valence-electron chi connectivity index (χ3n) is 4.05. The topological polar surface area (TPSA) is 58.1 Å². The SMILES string of the molecule is CCCNc1cnc(C(=O)N2CCC(C)C(C)C2)cn1. The van der Waals surface area contributed by atoms with Gasteiger partial charge in [0.2, 0.25) is 0 Å². The number of carbonyl (C=O) groups is 1. The molecule has 0 bridgehead atoms. The minimum absolute atomic E-state index is 0.00158. The van der Waals surface area contributed by atoms with Gasteiger partial charge in [-0.1, -0.05) is 20.8 Å². The molecule has 1 fully saturated rings. The summed E-state index contributed by atoms with van der Waals surface area (Å²) >= 11 is 0. The molecule has 5 heteroatoms. The second kappa shape index (κ2) is 6.68. The molecule has 0 aliphatic carbocycles. The van der Waals surface area contributed by atoms with Crippen LogP contribution >= 0.6 is 0 Å². The molecule has 2 heterocycles. The summed E-state index contributed by atoms with van der Waals surface area (Å²) in [6.07, 6.45) is 5.31. The van der Waals surface area contributed by atoms with Gasteiger partial charge in [-0.25, -0.2) is 9.97 Å². The number of likely N-dealkylation sites (tertiary alicyclic amines) is 1. The number of piperidine rings is 1. The second-order valence-electron chi connectivity index (χ2n) is 5.71. The van der Waals surface area contributed by atoms with Gasteiger partial charge in [-0.05, 0) is 24.7 Å². The Bertz CT molecular complexity index is 446. The molecule has 2 atom stereocenters. The van der Waals surface area contributed by atoms with E-state index in [1.807, 2.05) is 4.90 Å². The van der Waals surface area contributed by atoms with Gasteiger partial charge in [0.25, 0.3) is 5.91 Å². The predicted molar refractivity (Wildman–Crippen MR) is 79.7 cm³/mol. The first-order valence-electron chi connectivity index (χ1n) is 7.47. The summed E-state index contributed by atoms with van der Waals surface area (Å²) in [4.78, 5) is 22.8. The van der Waals surface area contributed by atoms with Crippen LogP contribution in [0.25, 0.3) is 0 Å². The largest absolute Gasteiger partial charge is 0.369 e. The Morgan fingerprint density at radius 1 is 1.35 bits per heavy atom. The van der Waals surface area contributed by atoms with E-state index in [0.717, 1.165) is 38.3 Å². The van der Waals surface area contributed by atoms with Crippen molar-refractivity contribution in [1.29, 1.82) is 0 Å². The Morgan fingerprint density at radius 3 is 2.75 bits per heavy atom. The Labute approximate surface area is 120 Å². The van der Waals surface area contributed by atoms with Crippen LogP contribution in [0, 0.1) is 11.8 Å². The lowest BCUT2D eigenvalue weighted by molar-refractivity contribution is 0.0621. The van der Waals surface area contributed by atoms with Gasteiger partial charge in [0.05, 0.1) is 12.4 Å². The molecule has 20 heavy (non-hydrogen) atoms. The molecular weight excluding hydrogens is 252 g/mol. The number of rotatable bonds is 4. The van der Waals surface area contributed by atoms with Crippen LogP contribution in [0.3, 0.4) is 0 Å². The lowest BCUT2D eigenvalue weighted by Crippen LogP contribution is -2.42. The minimum atomic E-state index is -0.00158. The molecule has 1 aliphatic heterocycles. The minimum Gasteiger partial charge on any atom is -0.369 e. The lowest BCUT2D eigenvalue weighted by Gasteiger charge is -2.35. The van der Waals surface area contributed by atoms with Gasteiger partial charge in [-0.15, -0.1) is 0 Å². The number of carbonyl (C=O) groups excluding carboxylic acids is 1. The quantitative estimate of drug-likeness (QED) is 0.917. The molecule has 5 nitrogen and oxygen atoms in total. The molecule has 110 valence electrons. The maximum Gasteiger partial charge on any atom is 0.274 e. The van der Waals surface area contributed by atoms with Crippen molar-refractivity contribution >= 4 is 11.7 Å². The normalized spacial score (nSPS) is 22.6. The second-order valence-corrected chi connectivity index (χ2v) is 5.71. The summed E-state index contributed by atoms with van der Waals surface area (Å²) in [5.74, 6) is 1.96. The highest BCUT2D eigenvalue weighted by Crippen LogP contribution is 2.23. The van der Waals surface area contributed by atoms with Crippen molar-refractivity contribution in [3.63, 3.8) is 0 Å². The van der Waals surface area contributed by atoms with Crippen LogP contribution in [0.2, 0.25) is 0 Å². The summed E-state index contributed by atoms with van der Waals surface area (Å²) in [6, 6.07) is 0. The van der Waals surface area contributed by atoms with E-state index in [1.165, 1.54) is 0 Å². The highest BCUT2D eigenvalue weighted by atomic mass is 16.2. The standard InChI is InChI=1S/C15H24N4O/c1-4-6-16-14-9-17-13(8-18-14)15(20)19-7-5-11(2)12(3)10-19/h8-9,11-12H,4-7,10H2,1-3H3,(H,16,18). The van der Waals surface area contributed by atoms with Crippen molar-refractivity contribution in [3.8, 4) is 0 Å². The highest BCUT2D eigenvalue weighted by molar-refractivity contribution is 5.92. The van der Waals surface area contributed by atoms with E-state index in [4.69, 9.17) is 0 Å². The molecule has 1 aromatic rings. The third-order valence-corrected chi connectivity index (χ3v) is 4.05. The summed E-state index contributed by atoms with van der Waals surface area (Å²) < 4.78 is 0. The summed E-state index contributed by atoms with van der Waals surface area (Å²) in [5.41, 5.74) is 0.439. The average molecular weight is 276 g/mol. The van der Waals surface area contributed by atoms with Crippen LogP contribution in [0.1, 0.15) is 44.1 Å². The van der Waals surface area contributed by atoms with Crippen LogP contribution in [-0.2, 0) is 0 Å². The zero-order valence-corrected chi connectivity index (χ0v) is 12.6. The maximum absolute atomic E-state index is 12.4. The molecule has 0 saturated carbocycles. The van der Waals surface area contributed by atoms with Crippen molar-refractivity contribution in [2.45, 2.75) is 33.6 Å². The van der Waals surface area contributed by atoms with Crippen molar-refractivity contribution in [1.82, 2.24) is 14.9 Å². The molecule has 0 aromatic carbocycles. The highest BCUT2D eigenvalue weighted by Gasteiger charge is 2.27. The molecule has 1 N–H and O–H groups in total. The fourth-order valence-corrected chi connectivity index (χ4v) is 2.39. The van der Waals surface area contributed by atoms with Crippen LogP contribution in [0.15, 0.2) is 12.4 Å². The van der Waals surface area contributed by atoms with Crippen molar-refractivity contribution in [2.75, 3.05) is 25.0 Å². The average Bonchev–Trinajstić information content (AvgIpc) is 2.48. The molecule has 2 unspecified atom stereocenters. The predicted octanol–water partition coefficient (Wildman–Crippen LogP) is 2.42. The summed E-state index contributed by atoms with van der Waals surface area (Å²) in [5, 5.41) is 3.15. The molecule has 0 spiro atoms. The third kappa shape index (κ3) is 3.46. The van der Waals surface area contributed by atoms with Gasteiger partial charge in [0, 0.05) is 19.6 Å². The number of anilines is 1. The van der Waals surface area contributed by atoms with Gasteiger partial charge < -0.3 is 10.2 Å². The molecule has 0 radical (unpaired) electrons.